The van der Waals surface area contributed by atoms with Crippen LogP contribution in [0.4, 0.5) is 5.69 Å². The number of aliphatic hydroxyl groups is 1. The van der Waals surface area contributed by atoms with Gasteiger partial charge >= 0.3 is 5.97 Å². The number of esters is 1. The maximum Gasteiger partial charge on any atom is 0.355 e. The number of ether oxygens (including phenoxy) is 1. The van der Waals surface area contributed by atoms with E-state index in [1.54, 1.807) is 13.3 Å². The summed E-state index contributed by atoms with van der Waals surface area (Å²) in [7, 11) is 0. The molecule has 11 heteroatoms. The summed E-state index contributed by atoms with van der Waals surface area (Å²) >= 11 is 1.48. The maximum absolute atomic E-state index is 13.2. The Kier molecular flexibility index (Phi) is 5.02. The molecule has 3 atom stereocenters. The quantitative estimate of drug-likeness (QED) is 0.255. The number of nitro benzene ring substituents is 1. The molecule has 0 bridgehead atoms. The van der Waals surface area contributed by atoms with Gasteiger partial charge in [-0.1, -0.05) is 0 Å². The fourth-order valence-corrected chi connectivity index (χ4v) is 5.55. The van der Waals surface area contributed by atoms with Crippen LogP contribution in [0.15, 0.2) is 42.5 Å². The lowest BCUT2D eigenvalue weighted by Gasteiger charge is -2.44. The van der Waals surface area contributed by atoms with Gasteiger partial charge in [0.25, 0.3) is 5.69 Å². The number of carbonyl (C=O) groups excluding carboxylic acids is 2. The van der Waals surface area contributed by atoms with E-state index < -0.39 is 22.9 Å². The summed E-state index contributed by atoms with van der Waals surface area (Å²) in [4.78, 5) is 43.7. The first kappa shape index (κ1) is 21.3. The molecular weight excluding hydrogens is 448 g/mol. The summed E-state index contributed by atoms with van der Waals surface area (Å²) in [5.74, 6) is -1.50. The van der Waals surface area contributed by atoms with E-state index in [1.807, 2.05) is 17.5 Å². The first-order chi connectivity index (χ1) is 15.8. The minimum atomic E-state index is -0.819. The van der Waals surface area contributed by atoms with E-state index in [0.29, 0.717) is 17.6 Å². The Bertz CT molecular complexity index is 1320. The highest BCUT2D eigenvalue weighted by Crippen LogP contribution is 2.48. The molecule has 1 saturated heterocycles. The predicted octanol–water partition coefficient (Wildman–Crippen LogP) is 2.68. The number of aromatic nitrogens is 2. The average molecular weight is 468 g/mol. The molecule has 1 N–H and O–H groups in total. The standard InChI is InChI=1S/C22H20N4O6S/c1-11-21-24(10-23-11)8-17(33-21)15-7-16-18(12(2)27)20(28)25(16)19(15)22(29)32-9-13-3-5-14(6-4-13)26(30)31/h3-6,8,10,12,16,18,27H,7,9H2,1-2H3/t12-,16-,18-/m1/s1. The number of benzene rings is 1. The van der Waals surface area contributed by atoms with Crippen LogP contribution in [0.2, 0.25) is 0 Å². The van der Waals surface area contributed by atoms with Crippen molar-refractivity contribution in [1.29, 1.82) is 0 Å². The minimum Gasteiger partial charge on any atom is -0.456 e. The van der Waals surface area contributed by atoms with Crippen molar-refractivity contribution in [3.05, 3.63) is 68.7 Å². The number of non-ortho nitro benzene ring substituents is 1. The number of amides is 1. The van der Waals surface area contributed by atoms with E-state index in [4.69, 9.17) is 4.74 Å². The number of β-lactam (4-membered cyclic amide) rings is 1. The molecule has 0 unspecified atom stereocenters. The highest BCUT2D eigenvalue weighted by atomic mass is 32.1. The first-order valence-corrected chi connectivity index (χ1v) is 11.2. The van der Waals surface area contributed by atoms with Gasteiger partial charge in [0.05, 0.1) is 33.6 Å². The van der Waals surface area contributed by atoms with Crippen LogP contribution in [-0.4, -0.2) is 48.3 Å². The van der Waals surface area contributed by atoms with Crippen molar-refractivity contribution in [2.75, 3.05) is 0 Å². The van der Waals surface area contributed by atoms with Crippen molar-refractivity contribution in [2.45, 2.75) is 39.0 Å². The molecule has 0 radical (unpaired) electrons. The molecule has 10 nitrogen and oxygen atoms in total. The molecule has 3 aromatic rings. The Hall–Kier alpha value is -3.57. The molecule has 2 aliphatic rings. The molecule has 2 aliphatic heterocycles. The second-order valence-electron chi connectivity index (χ2n) is 8.21. The summed E-state index contributed by atoms with van der Waals surface area (Å²) < 4.78 is 7.38. The van der Waals surface area contributed by atoms with E-state index in [2.05, 4.69) is 4.98 Å². The fourth-order valence-electron chi connectivity index (χ4n) is 4.47. The number of carbonyl (C=O) groups is 2. The third kappa shape index (κ3) is 3.40. The molecule has 0 spiro atoms. The molecule has 0 aliphatic carbocycles. The molecule has 1 amide bonds. The van der Waals surface area contributed by atoms with Crippen LogP contribution in [0.5, 0.6) is 0 Å². The molecule has 5 rings (SSSR count). The van der Waals surface area contributed by atoms with Crippen molar-refractivity contribution in [2.24, 2.45) is 5.92 Å². The summed E-state index contributed by atoms with van der Waals surface area (Å²) in [6, 6.07) is 5.44. The van der Waals surface area contributed by atoms with Crippen molar-refractivity contribution < 1.29 is 24.4 Å². The van der Waals surface area contributed by atoms with Crippen molar-refractivity contribution in [3.8, 4) is 0 Å². The highest BCUT2D eigenvalue weighted by Gasteiger charge is 2.57. The molecule has 2 aromatic heterocycles. The number of fused-ring (bicyclic) bond motifs is 2. The molecule has 0 saturated carbocycles. The summed E-state index contributed by atoms with van der Waals surface area (Å²) in [6.45, 7) is 3.39. The largest absolute Gasteiger partial charge is 0.456 e. The lowest BCUT2D eigenvalue weighted by atomic mass is 9.83. The number of aryl methyl sites for hydroxylation is 1. The van der Waals surface area contributed by atoms with Gasteiger partial charge in [-0.05, 0) is 38.0 Å². The fraction of sp³-hybridized carbons (Fsp3) is 0.318. The van der Waals surface area contributed by atoms with Crippen molar-refractivity contribution in [3.63, 3.8) is 0 Å². The monoisotopic (exact) mass is 468 g/mol. The van der Waals surface area contributed by atoms with Gasteiger partial charge < -0.3 is 14.7 Å². The number of nitro groups is 1. The predicted molar refractivity (Wildman–Crippen MR) is 118 cm³/mol. The molecule has 4 heterocycles. The van der Waals surface area contributed by atoms with Crippen LogP contribution in [0, 0.1) is 23.0 Å². The molecule has 33 heavy (non-hydrogen) atoms. The first-order valence-electron chi connectivity index (χ1n) is 10.3. The molecule has 1 fully saturated rings. The smallest absolute Gasteiger partial charge is 0.355 e. The third-order valence-electron chi connectivity index (χ3n) is 6.12. The van der Waals surface area contributed by atoms with Gasteiger partial charge in [-0.15, -0.1) is 11.3 Å². The normalized spacial score (nSPS) is 20.7. The van der Waals surface area contributed by atoms with E-state index >= 15 is 0 Å². The number of hydrogen-bond donors (Lipinski definition) is 1. The zero-order chi connectivity index (χ0) is 23.4. The Balaban J connectivity index is 1.45. The van der Waals surface area contributed by atoms with Crippen LogP contribution < -0.4 is 0 Å². The number of nitrogens with zero attached hydrogens (tertiary/aromatic N) is 4. The number of rotatable bonds is 6. The van der Waals surface area contributed by atoms with Crippen LogP contribution in [0.1, 0.15) is 29.5 Å². The van der Waals surface area contributed by atoms with Gasteiger partial charge in [-0.25, -0.2) is 9.78 Å². The van der Waals surface area contributed by atoms with Gasteiger partial charge in [-0.2, -0.15) is 0 Å². The lowest BCUT2D eigenvalue weighted by molar-refractivity contribution is -0.384. The van der Waals surface area contributed by atoms with Gasteiger partial charge in [0.2, 0.25) is 5.91 Å². The van der Waals surface area contributed by atoms with Crippen LogP contribution in [-0.2, 0) is 20.9 Å². The van der Waals surface area contributed by atoms with Crippen LogP contribution >= 0.6 is 11.3 Å². The molecule has 170 valence electrons. The summed E-state index contributed by atoms with van der Waals surface area (Å²) in [6.07, 6.45) is 3.21. The Labute approximate surface area is 191 Å². The SMILES string of the molecule is Cc1ncn2cc(C3=C(C(=O)OCc4ccc([N+](=O)[O-])cc4)N4C(=O)[C@H]([C@@H](C)O)[C@H]4C3)sc12. The Morgan fingerprint density at radius 2 is 2.12 bits per heavy atom. The van der Waals surface area contributed by atoms with Crippen molar-refractivity contribution >= 4 is 39.3 Å². The van der Waals surface area contributed by atoms with Gasteiger partial charge in [0.1, 0.15) is 23.5 Å². The van der Waals surface area contributed by atoms with E-state index in [1.165, 1.54) is 40.5 Å². The van der Waals surface area contributed by atoms with Gasteiger partial charge in [0, 0.05) is 23.9 Å². The zero-order valence-electron chi connectivity index (χ0n) is 17.8. The van der Waals surface area contributed by atoms with E-state index in [0.717, 1.165) is 15.4 Å². The second kappa shape index (κ2) is 7.78. The zero-order valence-corrected chi connectivity index (χ0v) is 18.6. The average Bonchev–Trinajstić information content (AvgIpc) is 3.44. The Morgan fingerprint density at radius 1 is 1.39 bits per heavy atom. The highest BCUT2D eigenvalue weighted by molar-refractivity contribution is 7.18. The van der Waals surface area contributed by atoms with Crippen LogP contribution in [0.3, 0.4) is 0 Å². The third-order valence-corrected chi connectivity index (χ3v) is 7.39. The number of thiazole rings is 1. The van der Waals surface area contributed by atoms with Crippen LogP contribution in [0.25, 0.3) is 10.4 Å². The van der Waals surface area contributed by atoms with Gasteiger partial charge in [-0.3, -0.25) is 19.3 Å². The maximum atomic E-state index is 13.2. The van der Waals surface area contributed by atoms with Crippen molar-refractivity contribution in [1.82, 2.24) is 14.3 Å². The minimum absolute atomic E-state index is 0.0528. The molecule has 1 aromatic carbocycles. The van der Waals surface area contributed by atoms with Gasteiger partial charge in [0.15, 0.2) is 0 Å². The second-order valence-corrected chi connectivity index (χ2v) is 9.24. The number of hydrogen-bond acceptors (Lipinski definition) is 8. The number of imidazole rings is 1. The molecular formula is C22H20N4O6S. The summed E-state index contributed by atoms with van der Waals surface area (Å²) in [5.41, 5.74) is 2.31. The van der Waals surface area contributed by atoms with E-state index in [9.17, 15) is 24.8 Å². The van der Waals surface area contributed by atoms with E-state index in [-0.39, 0.29) is 29.9 Å². The summed E-state index contributed by atoms with van der Waals surface area (Å²) in [5, 5.41) is 20.9. The number of aliphatic hydroxyl groups excluding tert-OH is 1. The topological polar surface area (TPSA) is 127 Å². The Morgan fingerprint density at radius 3 is 2.76 bits per heavy atom. The lowest BCUT2D eigenvalue weighted by Crippen LogP contribution is -2.61.